The van der Waals surface area contributed by atoms with Crippen molar-refractivity contribution in [3.63, 3.8) is 0 Å². The molecule has 0 aromatic rings. The van der Waals surface area contributed by atoms with Gasteiger partial charge in [0.05, 0.1) is 0 Å². The highest BCUT2D eigenvalue weighted by atomic mass is 32.1. The van der Waals surface area contributed by atoms with Crippen LogP contribution in [0.2, 0.25) is 0 Å². The Morgan fingerprint density at radius 1 is 1.54 bits per heavy atom. The van der Waals surface area contributed by atoms with Crippen molar-refractivity contribution < 1.29 is 10.0 Å². The fourth-order valence-corrected chi connectivity index (χ4v) is 0.908. The van der Waals surface area contributed by atoms with E-state index < -0.39 is 0 Å². The highest BCUT2D eigenvalue weighted by molar-refractivity contribution is 7.80. The standard InChI is InChI=1S/C8H16N2O2S/c1-3-4-5-6-8(13)12-10-7(2)9-11/h11H,3-6H2,1-2H3,(H,9,10). The first-order chi connectivity index (χ1) is 6.20. The van der Waals surface area contributed by atoms with Crippen molar-refractivity contribution in [1.29, 1.82) is 0 Å². The van der Waals surface area contributed by atoms with E-state index in [1.54, 1.807) is 6.92 Å². The Balaban J connectivity index is 3.41. The normalized spacial score (nSPS) is 11.1. The van der Waals surface area contributed by atoms with E-state index in [0.717, 1.165) is 25.7 Å². The van der Waals surface area contributed by atoms with Crippen molar-refractivity contribution in [2.24, 2.45) is 5.16 Å². The maximum atomic E-state index is 8.26. The Morgan fingerprint density at radius 2 is 2.23 bits per heavy atom. The average Bonchev–Trinajstić information content (AvgIpc) is 2.14. The van der Waals surface area contributed by atoms with Gasteiger partial charge in [-0.2, -0.15) is 0 Å². The van der Waals surface area contributed by atoms with Gasteiger partial charge in [-0.3, -0.25) is 0 Å². The van der Waals surface area contributed by atoms with Crippen molar-refractivity contribution in [3.05, 3.63) is 0 Å². The topological polar surface area (TPSA) is 53.8 Å². The maximum Gasteiger partial charge on any atom is 0.195 e. The molecule has 76 valence electrons. The summed E-state index contributed by atoms with van der Waals surface area (Å²) in [5.74, 6) is 0.290. The van der Waals surface area contributed by atoms with E-state index in [9.17, 15) is 0 Å². The fourth-order valence-electron chi connectivity index (χ4n) is 0.722. The minimum absolute atomic E-state index is 0.290. The molecule has 0 amide bonds. The van der Waals surface area contributed by atoms with E-state index >= 15 is 0 Å². The van der Waals surface area contributed by atoms with Crippen LogP contribution < -0.4 is 5.48 Å². The zero-order valence-electron chi connectivity index (χ0n) is 8.04. The monoisotopic (exact) mass is 204 g/mol. The minimum Gasteiger partial charge on any atom is -0.409 e. The Hall–Kier alpha value is -0.840. The Labute approximate surface area is 83.9 Å². The maximum absolute atomic E-state index is 8.26. The molecule has 0 heterocycles. The molecule has 0 fully saturated rings. The largest absolute Gasteiger partial charge is 0.409 e. The predicted molar refractivity (Wildman–Crippen MR) is 55.9 cm³/mol. The van der Waals surface area contributed by atoms with E-state index in [1.807, 2.05) is 0 Å². The number of thiocarbonyl (C=S) groups is 1. The molecule has 0 aromatic carbocycles. The second kappa shape index (κ2) is 7.79. The number of rotatable bonds is 4. The summed E-state index contributed by atoms with van der Waals surface area (Å²) in [6.45, 7) is 3.71. The summed E-state index contributed by atoms with van der Waals surface area (Å²) < 4.78 is 0. The summed E-state index contributed by atoms with van der Waals surface area (Å²) in [6, 6.07) is 0. The highest BCUT2D eigenvalue weighted by Crippen LogP contribution is 2.00. The molecule has 13 heavy (non-hydrogen) atoms. The Bertz CT molecular complexity index is 183. The number of nitrogens with zero attached hydrogens (tertiary/aromatic N) is 1. The van der Waals surface area contributed by atoms with Crippen LogP contribution in [-0.2, 0) is 4.84 Å². The molecule has 0 aliphatic carbocycles. The fraction of sp³-hybridized carbons (Fsp3) is 0.750. The number of hydrogen-bond acceptors (Lipinski definition) is 4. The number of unbranched alkanes of at least 4 members (excludes halogenated alkanes) is 2. The third kappa shape index (κ3) is 7.52. The van der Waals surface area contributed by atoms with Crippen LogP contribution in [0.25, 0.3) is 0 Å². The minimum atomic E-state index is 0.290. The second-order valence-electron chi connectivity index (χ2n) is 2.72. The van der Waals surface area contributed by atoms with Gasteiger partial charge in [-0.15, -0.1) is 0 Å². The van der Waals surface area contributed by atoms with E-state index in [1.165, 1.54) is 0 Å². The van der Waals surface area contributed by atoms with Gasteiger partial charge in [0.25, 0.3) is 0 Å². The van der Waals surface area contributed by atoms with Crippen molar-refractivity contribution in [1.82, 2.24) is 5.48 Å². The van der Waals surface area contributed by atoms with Crippen LogP contribution in [0.15, 0.2) is 5.16 Å². The van der Waals surface area contributed by atoms with Crippen LogP contribution in [0.5, 0.6) is 0 Å². The zero-order chi connectivity index (χ0) is 10.1. The van der Waals surface area contributed by atoms with Gasteiger partial charge in [-0.25, -0.2) is 5.48 Å². The third-order valence-corrected chi connectivity index (χ3v) is 1.73. The molecule has 4 nitrogen and oxygen atoms in total. The molecule has 0 aliphatic rings. The summed E-state index contributed by atoms with van der Waals surface area (Å²) in [4.78, 5) is 4.93. The summed E-state index contributed by atoms with van der Waals surface area (Å²) in [7, 11) is 0. The van der Waals surface area contributed by atoms with Crippen LogP contribution >= 0.6 is 12.2 Å². The first-order valence-corrected chi connectivity index (χ1v) is 4.75. The van der Waals surface area contributed by atoms with Crippen LogP contribution in [0.4, 0.5) is 0 Å². The number of nitrogens with one attached hydrogen (secondary N) is 1. The molecule has 0 atom stereocenters. The van der Waals surface area contributed by atoms with Crippen LogP contribution in [0.1, 0.15) is 39.5 Å². The van der Waals surface area contributed by atoms with Gasteiger partial charge < -0.3 is 10.0 Å². The predicted octanol–water partition coefficient (Wildman–Crippen LogP) is 2.22. The van der Waals surface area contributed by atoms with E-state index in [0.29, 0.717) is 5.05 Å². The quantitative estimate of drug-likeness (QED) is 0.184. The number of hydroxylamine groups is 1. The molecule has 2 N–H and O–H groups in total. The number of oxime groups is 1. The van der Waals surface area contributed by atoms with Crippen LogP contribution in [0.3, 0.4) is 0 Å². The van der Waals surface area contributed by atoms with Crippen LogP contribution in [-0.4, -0.2) is 16.1 Å². The van der Waals surface area contributed by atoms with E-state index in [2.05, 4.69) is 17.6 Å². The molecular weight excluding hydrogens is 188 g/mol. The molecule has 0 aliphatic heterocycles. The van der Waals surface area contributed by atoms with Gasteiger partial charge in [-0.05, 0) is 25.6 Å². The zero-order valence-corrected chi connectivity index (χ0v) is 8.86. The molecule has 0 radical (unpaired) electrons. The van der Waals surface area contributed by atoms with Crippen molar-refractivity contribution in [3.8, 4) is 0 Å². The molecule has 0 saturated heterocycles. The van der Waals surface area contributed by atoms with Gasteiger partial charge >= 0.3 is 0 Å². The van der Waals surface area contributed by atoms with Crippen molar-refractivity contribution >= 4 is 23.1 Å². The smallest absolute Gasteiger partial charge is 0.195 e. The lowest BCUT2D eigenvalue weighted by Crippen LogP contribution is -2.23. The number of hydrogen-bond donors (Lipinski definition) is 2. The molecule has 0 aromatic heterocycles. The lowest BCUT2D eigenvalue weighted by atomic mass is 10.2. The lowest BCUT2D eigenvalue weighted by Gasteiger charge is -2.06. The second-order valence-corrected chi connectivity index (χ2v) is 3.17. The summed E-state index contributed by atoms with van der Waals surface area (Å²) in [5, 5.41) is 11.6. The Kier molecular flexibility index (Phi) is 7.29. The SMILES string of the molecule is CCCCCC(=S)ONC(C)=NO. The van der Waals surface area contributed by atoms with Crippen molar-refractivity contribution in [2.45, 2.75) is 39.5 Å². The molecule has 0 unspecified atom stereocenters. The number of amidine groups is 1. The molecule has 0 rings (SSSR count). The van der Waals surface area contributed by atoms with Gasteiger partial charge in [-0.1, -0.05) is 24.9 Å². The molecule has 5 heteroatoms. The molecular formula is C8H16N2O2S. The first-order valence-electron chi connectivity index (χ1n) is 4.35. The Morgan fingerprint density at radius 3 is 2.77 bits per heavy atom. The molecule has 0 saturated carbocycles. The van der Waals surface area contributed by atoms with Gasteiger partial charge in [0, 0.05) is 6.42 Å². The van der Waals surface area contributed by atoms with E-state index in [4.69, 9.17) is 22.3 Å². The van der Waals surface area contributed by atoms with Gasteiger partial charge in [0.2, 0.25) is 0 Å². The summed E-state index contributed by atoms with van der Waals surface area (Å²) in [5.41, 5.74) is 2.42. The third-order valence-electron chi connectivity index (χ3n) is 1.45. The average molecular weight is 204 g/mol. The van der Waals surface area contributed by atoms with E-state index in [-0.39, 0.29) is 5.84 Å². The van der Waals surface area contributed by atoms with Gasteiger partial charge in [0.1, 0.15) is 0 Å². The highest BCUT2D eigenvalue weighted by Gasteiger charge is 1.98. The van der Waals surface area contributed by atoms with Crippen LogP contribution in [0, 0.1) is 0 Å². The summed E-state index contributed by atoms with van der Waals surface area (Å²) >= 11 is 4.91. The lowest BCUT2D eigenvalue weighted by molar-refractivity contribution is 0.233. The van der Waals surface area contributed by atoms with Gasteiger partial charge in [0.15, 0.2) is 10.9 Å². The molecule has 0 spiro atoms. The first kappa shape index (κ1) is 12.2. The summed E-state index contributed by atoms with van der Waals surface area (Å²) in [6.07, 6.45) is 4.10. The molecule has 0 bridgehead atoms. The van der Waals surface area contributed by atoms with Crippen molar-refractivity contribution in [2.75, 3.05) is 0 Å².